The molecule has 22 heavy (non-hydrogen) atoms. The van der Waals surface area contributed by atoms with E-state index in [1.807, 2.05) is 6.92 Å². The molecule has 1 amide bonds. The predicted octanol–water partition coefficient (Wildman–Crippen LogP) is -0.470. The van der Waals surface area contributed by atoms with Crippen LogP contribution in [-0.4, -0.2) is 43.5 Å². The van der Waals surface area contributed by atoms with Crippen molar-refractivity contribution in [3.05, 3.63) is 12.0 Å². The van der Waals surface area contributed by atoms with Crippen molar-refractivity contribution < 1.29 is 13.2 Å². The number of halogens is 1. The number of hydrogen-bond acceptors (Lipinski definition) is 5. The summed E-state index contributed by atoms with van der Waals surface area (Å²) < 4.78 is 27.9. The molecule has 1 rings (SSSR count). The lowest BCUT2D eigenvalue weighted by molar-refractivity contribution is -0.121. The molecular weight excluding hydrogens is 330 g/mol. The molecule has 0 aliphatic heterocycles. The van der Waals surface area contributed by atoms with Crippen LogP contribution in [0.5, 0.6) is 0 Å². The van der Waals surface area contributed by atoms with E-state index in [0.29, 0.717) is 18.9 Å². The number of nitrogens with one attached hydrogen (secondary N) is 2. The maximum atomic E-state index is 12.0. The van der Waals surface area contributed by atoms with Gasteiger partial charge < -0.3 is 15.6 Å². The van der Waals surface area contributed by atoms with Gasteiger partial charge in [0.15, 0.2) is 5.03 Å². The Labute approximate surface area is 137 Å². The normalized spacial score (nSPS) is 12.5. The van der Waals surface area contributed by atoms with Crippen molar-refractivity contribution in [1.29, 1.82) is 0 Å². The number of rotatable bonds is 8. The third-order valence-corrected chi connectivity index (χ3v) is 4.39. The first kappa shape index (κ1) is 20.8. The van der Waals surface area contributed by atoms with Gasteiger partial charge in [0.1, 0.15) is 5.82 Å². The van der Waals surface area contributed by atoms with Gasteiger partial charge in [-0.25, -0.2) is 18.1 Å². The Morgan fingerprint density at radius 2 is 2.14 bits per heavy atom. The fourth-order valence-electron chi connectivity index (χ4n) is 1.49. The molecule has 128 valence electrons. The number of carbonyl (C=O) groups is 1. The van der Waals surface area contributed by atoms with Crippen molar-refractivity contribution in [2.75, 3.05) is 19.6 Å². The summed E-state index contributed by atoms with van der Waals surface area (Å²) in [5.74, 6) is 0.584. The van der Waals surface area contributed by atoms with Crippen LogP contribution >= 0.6 is 12.4 Å². The molecule has 1 unspecified atom stereocenters. The molecule has 10 heteroatoms. The predicted molar refractivity (Wildman–Crippen MR) is 86.2 cm³/mol. The zero-order valence-corrected chi connectivity index (χ0v) is 14.6. The number of nitrogens with two attached hydrogens (primary N) is 1. The van der Waals surface area contributed by atoms with Gasteiger partial charge in [-0.3, -0.25) is 4.79 Å². The lowest BCUT2D eigenvalue weighted by atomic mass is 10.2. The Kier molecular flexibility index (Phi) is 8.61. The molecule has 0 saturated heterocycles. The molecule has 0 radical (unpaired) electrons. The Morgan fingerprint density at radius 3 is 2.64 bits per heavy atom. The van der Waals surface area contributed by atoms with Gasteiger partial charge in [0.2, 0.25) is 5.91 Å². The van der Waals surface area contributed by atoms with Crippen molar-refractivity contribution in [1.82, 2.24) is 19.6 Å². The van der Waals surface area contributed by atoms with Crippen LogP contribution in [-0.2, 0) is 21.9 Å². The van der Waals surface area contributed by atoms with E-state index in [0.717, 1.165) is 0 Å². The van der Waals surface area contributed by atoms with E-state index in [4.69, 9.17) is 5.73 Å². The molecule has 1 atom stereocenters. The molecule has 0 aliphatic rings. The molecular formula is C12H24ClN5O3S. The molecule has 0 saturated carbocycles. The Bertz CT molecular complexity index is 568. The monoisotopic (exact) mass is 353 g/mol. The molecule has 0 spiro atoms. The lowest BCUT2D eigenvalue weighted by Gasteiger charge is -2.10. The minimum Gasteiger partial charge on any atom is -0.356 e. The van der Waals surface area contributed by atoms with Crippen molar-refractivity contribution in [2.45, 2.75) is 25.3 Å². The summed E-state index contributed by atoms with van der Waals surface area (Å²) in [6, 6.07) is 0. The van der Waals surface area contributed by atoms with Crippen molar-refractivity contribution in [3.8, 4) is 0 Å². The maximum Gasteiger partial charge on any atom is 0.259 e. The zero-order chi connectivity index (χ0) is 16.0. The van der Waals surface area contributed by atoms with E-state index in [-0.39, 0.29) is 42.2 Å². The fraction of sp³-hybridized carbons (Fsp3) is 0.667. The first-order chi connectivity index (χ1) is 9.76. The largest absolute Gasteiger partial charge is 0.356 e. The highest BCUT2D eigenvalue weighted by atomic mass is 35.5. The molecule has 8 nitrogen and oxygen atoms in total. The van der Waals surface area contributed by atoms with Gasteiger partial charge >= 0.3 is 0 Å². The van der Waals surface area contributed by atoms with Gasteiger partial charge in [0, 0.05) is 32.8 Å². The SMILES string of the molecule is Cc1nc(S(=O)(=O)NCCC(=O)NCC(C)CN)cn1C.Cl. The molecule has 4 N–H and O–H groups in total. The number of nitrogens with zero attached hydrogens (tertiary/aromatic N) is 2. The number of aryl methyl sites for hydroxylation is 2. The Morgan fingerprint density at radius 1 is 1.50 bits per heavy atom. The topological polar surface area (TPSA) is 119 Å². The van der Waals surface area contributed by atoms with Gasteiger partial charge in [-0.2, -0.15) is 0 Å². The van der Waals surface area contributed by atoms with E-state index in [2.05, 4.69) is 15.0 Å². The number of amides is 1. The summed E-state index contributed by atoms with van der Waals surface area (Å²) >= 11 is 0. The Hall–Kier alpha value is -1.16. The van der Waals surface area contributed by atoms with E-state index in [9.17, 15) is 13.2 Å². The molecule has 1 aromatic heterocycles. The molecule has 1 heterocycles. The van der Waals surface area contributed by atoms with Crippen LogP contribution in [0.25, 0.3) is 0 Å². The highest BCUT2D eigenvalue weighted by Crippen LogP contribution is 2.07. The molecule has 0 aliphatic carbocycles. The second-order valence-electron chi connectivity index (χ2n) is 5.03. The number of hydrogen-bond donors (Lipinski definition) is 3. The summed E-state index contributed by atoms with van der Waals surface area (Å²) in [5.41, 5.74) is 5.44. The second-order valence-corrected chi connectivity index (χ2v) is 6.74. The van der Waals surface area contributed by atoms with Crippen molar-refractivity contribution >= 4 is 28.3 Å². The van der Waals surface area contributed by atoms with Crippen molar-refractivity contribution in [2.24, 2.45) is 18.7 Å². The van der Waals surface area contributed by atoms with Gasteiger partial charge in [-0.1, -0.05) is 6.92 Å². The van der Waals surface area contributed by atoms with Crippen LogP contribution in [0.15, 0.2) is 11.2 Å². The van der Waals surface area contributed by atoms with Gasteiger partial charge in [0.05, 0.1) is 0 Å². The minimum absolute atomic E-state index is 0. The molecule has 0 fully saturated rings. The quantitative estimate of drug-likeness (QED) is 0.583. The molecule has 0 bridgehead atoms. The average Bonchev–Trinajstić information content (AvgIpc) is 2.76. The third kappa shape index (κ3) is 6.30. The smallest absolute Gasteiger partial charge is 0.259 e. The highest BCUT2D eigenvalue weighted by Gasteiger charge is 2.18. The van der Waals surface area contributed by atoms with Gasteiger partial charge in [0.25, 0.3) is 10.0 Å². The average molecular weight is 354 g/mol. The number of aromatic nitrogens is 2. The summed E-state index contributed by atoms with van der Waals surface area (Å²) in [5, 5.41) is 2.66. The summed E-state index contributed by atoms with van der Waals surface area (Å²) in [6.45, 7) is 4.64. The zero-order valence-electron chi connectivity index (χ0n) is 13.0. The van der Waals surface area contributed by atoms with Crippen LogP contribution in [0.3, 0.4) is 0 Å². The van der Waals surface area contributed by atoms with E-state index in [1.165, 1.54) is 6.20 Å². The fourth-order valence-corrected chi connectivity index (χ4v) is 2.56. The molecule has 0 aromatic carbocycles. The van der Waals surface area contributed by atoms with Crippen molar-refractivity contribution in [3.63, 3.8) is 0 Å². The number of sulfonamides is 1. The van der Waals surface area contributed by atoms with E-state index < -0.39 is 10.0 Å². The van der Waals surface area contributed by atoms with E-state index in [1.54, 1.807) is 18.5 Å². The molecule has 1 aromatic rings. The first-order valence-electron chi connectivity index (χ1n) is 6.72. The summed E-state index contributed by atoms with van der Waals surface area (Å²) in [6.07, 6.45) is 1.50. The third-order valence-electron chi connectivity index (χ3n) is 3.06. The van der Waals surface area contributed by atoms with E-state index >= 15 is 0 Å². The maximum absolute atomic E-state index is 12.0. The van der Waals surface area contributed by atoms with Crippen LogP contribution in [0, 0.1) is 12.8 Å². The lowest BCUT2D eigenvalue weighted by Crippen LogP contribution is -2.34. The van der Waals surface area contributed by atoms with Gasteiger partial charge in [-0.05, 0) is 19.4 Å². The van der Waals surface area contributed by atoms with Crippen LogP contribution in [0.1, 0.15) is 19.2 Å². The first-order valence-corrected chi connectivity index (χ1v) is 8.21. The highest BCUT2D eigenvalue weighted by molar-refractivity contribution is 7.89. The van der Waals surface area contributed by atoms with Crippen LogP contribution in [0.2, 0.25) is 0 Å². The van der Waals surface area contributed by atoms with Gasteiger partial charge in [-0.15, -0.1) is 12.4 Å². The second kappa shape index (κ2) is 9.09. The van der Waals surface area contributed by atoms with Crippen LogP contribution in [0.4, 0.5) is 0 Å². The summed E-state index contributed by atoms with van der Waals surface area (Å²) in [7, 11) is -1.96. The number of carbonyl (C=O) groups excluding carboxylic acids is 1. The Balaban J connectivity index is 0.00000441. The minimum atomic E-state index is -3.68. The van der Waals surface area contributed by atoms with Crippen LogP contribution < -0.4 is 15.8 Å². The standard InChI is InChI=1S/C12H23N5O3S.ClH/c1-9(6-13)7-14-11(18)4-5-15-21(19,20)12-8-17(3)10(2)16-12;/h8-9,15H,4-7,13H2,1-3H3,(H,14,18);1H. The number of imidazole rings is 1. The summed E-state index contributed by atoms with van der Waals surface area (Å²) in [4.78, 5) is 15.5.